The molecule has 0 spiro atoms. The number of halogens is 2. The highest BCUT2D eigenvalue weighted by molar-refractivity contribution is 5.41. The van der Waals surface area contributed by atoms with Crippen molar-refractivity contribution in [1.29, 1.82) is 0 Å². The van der Waals surface area contributed by atoms with Gasteiger partial charge >= 0.3 is 0 Å². The summed E-state index contributed by atoms with van der Waals surface area (Å²) in [6, 6.07) is 2.40. The van der Waals surface area contributed by atoms with Crippen LogP contribution in [0.25, 0.3) is 0 Å². The molecule has 0 saturated carbocycles. The summed E-state index contributed by atoms with van der Waals surface area (Å²) in [6.07, 6.45) is 0.00348. The van der Waals surface area contributed by atoms with Crippen LogP contribution in [-0.2, 0) is 0 Å². The van der Waals surface area contributed by atoms with Crippen LogP contribution in [0.4, 0.5) is 8.78 Å². The van der Waals surface area contributed by atoms with Crippen LogP contribution in [0.1, 0.15) is 0 Å². The number of nitrogens with one attached hydrogen (secondary N) is 1. The van der Waals surface area contributed by atoms with Crippen molar-refractivity contribution in [3.05, 3.63) is 23.8 Å². The second kappa shape index (κ2) is 4.02. The Morgan fingerprint density at radius 1 is 1.33 bits per heavy atom. The molecule has 2 rings (SSSR count). The first-order valence-electron chi connectivity index (χ1n) is 4.61. The van der Waals surface area contributed by atoms with Gasteiger partial charge in [0.05, 0.1) is 7.11 Å². The van der Waals surface area contributed by atoms with Gasteiger partial charge in [-0.2, -0.15) is 4.39 Å². The molecule has 5 heteroatoms. The van der Waals surface area contributed by atoms with E-state index in [0.29, 0.717) is 13.1 Å². The molecule has 0 unspecified atom stereocenters. The summed E-state index contributed by atoms with van der Waals surface area (Å²) in [5.74, 6) is -1.89. The van der Waals surface area contributed by atoms with Crippen LogP contribution >= 0.6 is 0 Å². The van der Waals surface area contributed by atoms with Crippen LogP contribution < -0.4 is 14.8 Å². The fourth-order valence-electron chi connectivity index (χ4n) is 1.32. The molecule has 3 nitrogen and oxygen atoms in total. The predicted molar refractivity (Wildman–Crippen MR) is 50.2 cm³/mol. The van der Waals surface area contributed by atoms with Crippen molar-refractivity contribution in [1.82, 2.24) is 5.32 Å². The summed E-state index contributed by atoms with van der Waals surface area (Å²) in [5.41, 5.74) is 0. The van der Waals surface area contributed by atoms with Gasteiger partial charge in [-0.3, -0.25) is 0 Å². The van der Waals surface area contributed by atoms with Crippen LogP contribution in [0.3, 0.4) is 0 Å². The van der Waals surface area contributed by atoms with E-state index >= 15 is 0 Å². The van der Waals surface area contributed by atoms with Crippen molar-refractivity contribution < 1.29 is 18.3 Å². The van der Waals surface area contributed by atoms with Gasteiger partial charge in [-0.15, -0.1) is 0 Å². The molecule has 1 aliphatic rings. The molecule has 1 saturated heterocycles. The minimum absolute atomic E-state index is 0.00348. The highest BCUT2D eigenvalue weighted by Gasteiger charge is 2.22. The summed E-state index contributed by atoms with van der Waals surface area (Å²) in [4.78, 5) is 0. The summed E-state index contributed by atoms with van der Waals surface area (Å²) in [6.45, 7) is 1.42. The van der Waals surface area contributed by atoms with Gasteiger partial charge in [0.2, 0.25) is 5.82 Å². The van der Waals surface area contributed by atoms with Crippen molar-refractivity contribution in [2.24, 2.45) is 0 Å². The second-order valence-corrected chi connectivity index (χ2v) is 3.29. The predicted octanol–water partition coefficient (Wildman–Crippen LogP) is 1.32. The zero-order chi connectivity index (χ0) is 10.8. The lowest BCUT2D eigenvalue weighted by Crippen LogP contribution is -2.50. The average molecular weight is 215 g/mol. The number of ether oxygens (including phenoxy) is 2. The highest BCUT2D eigenvalue weighted by atomic mass is 19.2. The highest BCUT2D eigenvalue weighted by Crippen LogP contribution is 2.32. The Balaban J connectivity index is 2.25. The first-order valence-corrected chi connectivity index (χ1v) is 4.61. The Morgan fingerprint density at radius 3 is 2.60 bits per heavy atom. The maximum absolute atomic E-state index is 13.2. The van der Waals surface area contributed by atoms with Gasteiger partial charge in [0.25, 0.3) is 0 Å². The third-order valence-corrected chi connectivity index (χ3v) is 2.26. The number of hydrogen-bond donors (Lipinski definition) is 1. The lowest BCUT2D eigenvalue weighted by atomic mass is 10.2. The molecule has 0 atom stereocenters. The van der Waals surface area contributed by atoms with E-state index in [-0.39, 0.29) is 17.6 Å². The number of hydrogen-bond acceptors (Lipinski definition) is 3. The molecule has 1 aromatic rings. The van der Waals surface area contributed by atoms with Crippen molar-refractivity contribution >= 4 is 0 Å². The summed E-state index contributed by atoms with van der Waals surface area (Å²) < 4.78 is 36.3. The first kappa shape index (κ1) is 10.2. The molecule has 1 heterocycles. The Hall–Kier alpha value is -1.36. The van der Waals surface area contributed by atoms with Crippen LogP contribution in [0.15, 0.2) is 12.1 Å². The van der Waals surface area contributed by atoms with E-state index in [0.717, 1.165) is 6.07 Å². The smallest absolute Gasteiger partial charge is 0.204 e. The number of rotatable bonds is 3. The molecule has 82 valence electrons. The zero-order valence-electron chi connectivity index (χ0n) is 8.22. The number of methoxy groups -OCH3 is 1. The Morgan fingerprint density at radius 2 is 2.07 bits per heavy atom. The van der Waals surface area contributed by atoms with Crippen molar-refractivity contribution in [2.75, 3.05) is 20.2 Å². The van der Waals surface area contributed by atoms with Crippen LogP contribution in [0.5, 0.6) is 11.5 Å². The van der Waals surface area contributed by atoms with E-state index in [1.807, 2.05) is 0 Å². The Labute approximate surface area is 86.0 Å². The Bertz CT molecular complexity index is 367. The fourth-order valence-corrected chi connectivity index (χ4v) is 1.32. The van der Waals surface area contributed by atoms with Crippen molar-refractivity contribution in [3.63, 3.8) is 0 Å². The summed E-state index contributed by atoms with van der Waals surface area (Å²) in [5, 5.41) is 3.01. The minimum atomic E-state index is -1.01. The van der Waals surface area contributed by atoms with Gasteiger partial charge in [0, 0.05) is 13.1 Å². The van der Waals surface area contributed by atoms with E-state index in [1.165, 1.54) is 13.2 Å². The molecule has 0 bridgehead atoms. The quantitative estimate of drug-likeness (QED) is 0.825. The van der Waals surface area contributed by atoms with Gasteiger partial charge in [0.15, 0.2) is 17.3 Å². The molecule has 0 radical (unpaired) electrons. The molecule has 1 aliphatic heterocycles. The summed E-state index contributed by atoms with van der Waals surface area (Å²) in [7, 11) is 1.28. The molecule has 0 aromatic heterocycles. The molecule has 1 N–H and O–H groups in total. The molecule has 0 aliphatic carbocycles. The standard InChI is InChI=1S/C10H11F2NO2/c1-14-10-8(15-6-4-13-5-6)3-2-7(11)9(10)12/h2-3,6,13H,4-5H2,1H3. The summed E-state index contributed by atoms with van der Waals surface area (Å²) >= 11 is 0. The van der Waals surface area contributed by atoms with E-state index in [4.69, 9.17) is 9.47 Å². The number of benzene rings is 1. The van der Waals surface area contributed by atoms with E-state index in [9.17, 15) is 8.78 Å². The Kier molecular flexibility index (Phi) is 2.73. The van der Waals surface area contributed by atoms with Crippen LogP contribution in [0.2, 0.25) is 0 Å². The van der Waals surface area contributed by atoms with Crippen LogP contribution in [0, 0.1) is 11.6 Å². The van der Waals surface area contributed by atoms with Gasteiger partial charge in [-0.1, -0.05) is 0 Å². The minimum Gasteiger partial charge on any atom is -0.490 e. The van der Waals surface area contributed by atoms with Gasteiger partial charge in [-0.25, -0.2) is 4.39 Å². The maximum atomic E-state index is 13.2. The molecule has 1 aromatic carbocycles. The maximum Gasteiger partial charge on any atom is 0.204 e. The molecule has 0 amide bonds. The lowest BCUT2D eigenvalue weighted by Gasteiger charge is -2.28. The molecular formula is C10H11F2NO2. The lowest BCUT2D eigenvalue weighted by molar-refractivity contribution is 0.135. The fraction of sp³-hybridized carbons (Fsp3) is 0.400. The molecule has 1 fully saturated rings. The van der Waals surface area contributed by atoms with E-state index in [1.54, 1.807) is 0 Å². The largest absolute Gasteiger partial charge is 0.490 e. The topological polar surface area (TPSA) is 30.5 Å². The van der Waals surface area contributed by atoms with Gasteiger partial charge < -0.3 is 14.8 Å². The first-order chi connectivity index (χ1) is 7.22. The van der Waals surface area contributed by atoms with Crippen LogP contribution in [-0.4, -0.2) is 26.3 Å². The normalized spacial score (nSPS) is 15.9. The third kappa shape index (κ3) is 1.87. The third-order valence-electron chi connectivity index (χ3n) is 2.26. The monoisotopic (exact) mass is 215 g/mol. The van der Waals surface area contributed by atoms with Crippen molar-refractivity contribution in [2.45, 2.75) is 6.10 Å². The van der Waals surface area contributed by atoms with Gasteiger partial charge in [0.1, 0.15) is 6.10 Å². The molecule has 15 heavy (non-hydrogen) atoms. The van der Waals surface area contributed by atoms with Gasteiger partial charge in [-0.05, 0) is 12.1 Å². The average Bonchev–Trinajstić information content (AvgIpc) is 2.17. The second-order valence-electron chi connectivity index (χ2n) is 3.29. The van der Waals surface area contributed by atoms with Crippen molar-refractivity contribution in [3.8, 4) is 11.5 Å². The van der Waals surface area contributed by atoms with E-state index < -0.39 is 11.6 Å². The molecular weight excluding hydrogens is 204 g/mol. The zero-order valence-corrected chi connectivity index (χ0v) is 8.22. The SMILES string of the molecule is COc1c(OC2CNC2)ccc(F)c1F. The van der Waals surface area contributed by atoms with E-state index in [2.05, 4.69) is 5.32 Å².